The summed E-state index contributed by atoms with van der Waals surface area (Å²) in [4.78, 5) is 13.6. The molecule has 0 aromatic heterocycles. The van der Waals surface area contributed by atoms with E-state index in [0.717, 1.165) is 19.4 Å². The van der Waals surface area contributed by atoms with Gasteiger partial charge in [-0.1, -0.05) is 0 Å². The first-order valence-electron chi connectivity index (χ1n) is 6.57. The van der Waals surface area contributed by atoms with Crippen molar-refractivity contribution in [1.29, 1.82) is 5.26 Å². The zero-order valence-corrected chi connectivity index (χ0v) is 11.3. The van der Waals surface area contributed by atoms with Gasteiger partial charge in [0.25, 0.3) is 5.91 Å². The topological polar surface area (TPSA) is 85.6 Å². The van der Waals surface area contributed by atoms with E-state index in [2.05, 4.69) is 5.32 Å². The molecule has 1 rings (SSSR count). The van der Waals surface area contributed by atoms with E-state index in [0.29, 0.717) is 19.6 Å². The van der Waals surface area contributed by atoms with E-state index in [9.17, 15) is 4.79 Å². The van der Waals surface area contributed by atoms with Crippen LogP contribution in [0.3, 0.4) is 0 Å². The quantitative estimate of drug-likeness (QED) is 0.501. The van der Waals surface area contributed by atoms with Crippen LogP contribution in [-0.4, -0.2) is 54.9 Å². The Balaban J connectivity index is 2.50. The molecule has 0 bridgehead atoms. The maximum atomic E-state index is 11.8. The fourth-order valence-corrected chi connectivity index (χ4v) is 1.87. The number of carbonyl (C=O) groups excluding carboxylic acids is 1. The van der Waals surface area contributed by atoms with E-state index in [1.54, 1.807) is 4.90 Å². The third-order valence-electron chi connectivity index (χ3n) is 2.98. The van der Waals surface area contributed by atoms with Crippen LogP contribution in [0.5, 0.6) is 0 Å². The molecular weight excluding hydrogens is 246 g/mol. The highest BCUT2D eigenvalue weighted by atomic mass is 16.5. The second-order valence-corrected chi connectivity index (χ2v) is 4.35. The van der Waals surface area contributed by atoms with Crippen LogP contribution in [0, 0.1) is 11.3 Å². The average Bonchev–Trinajstić information content (AvgIpc) is 2.94. The second-order valence-electron chi connectivity index (χ2n) is 4.35. The molecule has 106 valence electrons. The summed E-state index contributed by atoms with van der Waals surface area (Å²) in [7, 11) is 0. The number of aliphatic hydroxyl groups excluding tert-OH is 1. The zero-order valence-electron chi connectivity index (χ0n) is 11.3. The van der Waals surface area contributed by atoms with E-state index < -0.39 is 5.91 Å². The number of hydrogen-bond donors (Lipinski definition) is 2. The molecule has 1 amide bonds. The van der Waals surface area contributed by atoms with Crippen molar-refractivity contribution in [2.75, 3.05) is 32.8 Å². The minimum absolute atomic E-state index is 0.0133. The average molecular weight is 267 g/mol. The molecule has 2 N–H and O–H groups in total. The van der Waals surface area contributed by atoms with Crippen LogP contribution in [-0.2, 0) is 9.53 Å². The van der Waals surface area contributed by atoms with Crippen LogP contribution in [0.25, 0.3) is 0 Å². The van der Waals surface area contributed by atoms with E-state index in [1.165, 1.54) is 6.20 Å². The van der Waals surface area contributed by atoms with Crippen LogP contribution in [0.4, 0.5) is 0 Å². The Morgan fingerprint density at radius 2 is 2.47 bits per heavy atom. The van der Waals surface area contributed by atoms with E-state index in [4.69, 9.17) is 15.1 Å². The number of likely N-dealkylation sites (N-methyl/N-ethyl adjacent to an activating group) is 1. The molecule has 1 aliphatic rings. The number of hydrogen-bond acceptors (Lipinski definition) is 5. The van der Waals surface area contributed by atoms with Crippen molar-refractivity contribution in [3.05, 3.63) is 11.8 Å². The van der Waals surface area contributed by atoms with Crippen molar-refractivity contribution in [3.63, 3.8) is 0 Å². The van der Waals surface area contributed by atoms with Crippen LogP contribution in [0.1, 0.15) is 19.8 Å². The lowest BCUT2D eigenvalue weighted by Gasteiger charge is -2.17. The van der Waals surface area contributed by atoms with Gasteiger partial charge >= 0.3 is 0 Å². The monoisotopic (exact) mass is 267 g/mol. The molecule has 19 heavy (non-hydrogen) atoms. The van der Waals surface area contributed by atoms with Gasteiger partial charge in [-0.05, 0) is 19.8 Å². The molecule has 0 aromatic rings. The van der Waals surface area contributed by atoms with Gasteiger partial charge in [-0.2, -0.15) is 5.26 Å². The number of nitrogens with one attached hydrogen (secondary N) is 1. The molecule has 1 saturated heterocycles. The van der Waals surface area contributed by atoms with Crippen LogP contribution >= 0.6 is 0 Å². The van der Waals surface area contributed by atoms with Crippen molar-refractivity contribution < 1.29 is 14.6 Å². The van der Waals surface area contributed by atoms with Gasteiger partial charge in [-0.15, -0.1) is 0 Å². The molecular formula is C13H21N3O3. The summed E-state index contributed by atoms with van der Waals surface area (Å²) in [6, 6.07) is 1.89. The lowest BCUT2D eigenvalue weighted by Crippen LogP contribution is -2.33. The lowest BCUT2D eigenvalue weighted by atomic mass is 10.2. The molecule has 1 fully saturated rings. The Hall–Kier alpha value is -1.58. The van der Waals surface area contributed by atoms with Gasteiger partial charge in [0, 0.05) is 32.4 Å². The van der Waals surface area contributed by atoms with E-state index >= 15 is 0 Å². The van der Waals surface area contributed by atoms with Gasteiger partial charge in [-0.25, -0.2) is 0 Å². The molecule has 1 heterocycles. The first-order chi connectivity index (χ1) is 9.21. The minimum atomic E-state index is -0.394. The number of carbonyl (C=O) groups is 1. The first kappa shape index (κ1) is 15.5. The standard InChI is InChI=1S/C13H21N3O3/c1-2-16(5-6-17)10-11(8-14)13(18)15-9-12-4-3-7-19-12/h10,12,17H,2-7,9H2,1H3,(H,15,18)/b11-10-. The van der Waals surface area contributed by atoms with Crippen molar-refractivity contribution in [3.8, 4) is 6.07 Å². The van der Waals surface area contributed by atoms with Gasteiger partial charge in [0.2, 0.25) is 0 Å². The molecule has 0 saturated carbocycles. The fraction of sp³-hybridized carbons (Fsp3) is 0.692. The van der Waals surface area contributed by atoms with Crippen LogP contribution in [0.2, 0.25) is 0 Å². The normalized spacial score (nSPS) is 19.0. The molecule has 0 aromatic carbocycles. The molecule has 0 aliphatic carbocycles. The Bertz CT molecular complexity index is 357. The molecule has 6 nitrogen and oxygen atoms in total. The molecule has 0 radical (unpaired) electrons. The summed E-state index contributed by atoms with van der Waals surface area (Å²) in [5.41, 5.74) is 0.0493. The van der Waals surface area contributed by atoms with Crippen molar-refractivity contribution >= 4 is 5.91 Å². The Morgan fingerprint density at radius 1 is 1.68 bits per heavy atom. The minimum Gasteiger partial charge on any atom is -0.395 e. The molecule has 1 atom stereocenters. The predicted molar refractivity (Wildman–Crippen MR) is 70.0 cm³/mol. The van der Waals surface area contributed by atoms with Crippen LogP contribution < -0.4 is 5.32 Å². The molecule has 1 unspecified atom stereocenters. The lowest BCUT2D eigenvalue weighted by molar-refractivity contribution is -0.117. The van der Waals surface area contributed by atoms with Gasteiger partial charge in [-0.3, -0.25) is 4.79 Å². The Labute approximate surface area is 113 Å². The number of nitrogens with zero attached hydrogens (tertiary/aromatic N) is 2. The highest BCUT2D eigenvalue weighted by Crippen LogP contribution is 2.10. The predicted octanol–water partition coefficient (Wildman–Crippen LogP) is 0.00328. The highest BCUT2D eigenvalue weighted by Gasteiger charge is 2.17. The molecule has 0 spiro atoms. The highest BCUT2D eigenvalue weighted by molar-refractivity contribution is 5.97. The van der Waals surface area contributed by atoms with E-state index in [1.807, 2.05) is 13.0 Å². The summed E-state index contributed by atoms with van der Waals surface area (Å²) < 4.78 is 5.40. The summed E-state index contributed by atoms with van der Waals surface area (Å²) >= 11 is 0. The smallest absolute Gasteiger partial charge is 0.263 e. The SMILES string of the molecule is CCN(/C=C(/C#N)C(=O)NCC1CCCO1)CCO. The third kappa shape index (κ3) is 5.28. The number of rotatable bonds is 7. The van der Waals surface area contributed by atoms with Crippen LogP contribution in [0.15, 0.2) is 11.8 Å². The third-order valence-corrected chi connectivity index (χ3v) is 2.98. The summed E-state index contributed by atoms with van der Waals surface area (Å²) in [5.74, 6) is -0.394. The van der Waals surface area contributed by atoms with Crippen molar-refractivity contribution in [2.24, 2.45) is 0 Å². The Morgan fingerprint density at radius 3 is 3.00 bits per heavy atom. The maximum Gasteiger partial charge on any atom is 0.263 e. The van der Waals surface area contributed by atoms with Gasteiger partial charge in [0.1, 0.15) is 11.6 Å². The van der Waals surface area contributed by atoms with E-state index in [-0.39, 0.29) is 18.3 Å². The zero-order chi connectivity index (χ0) is 14.1. The van der Waals surface area contributed by atoms with Crippen molar-refractivity contribution in [2.45, 2.75) is 25.9 Å². The largest absolute Gasteiger partial charge is 0.395 e. The number of aliphatic hydroxyl groups is 1. The van der Waals surface area contributed by atoms with Gasteiger partial charge in [0.05, 0.1) is 12.7 Å². The fourth-order valence-electron chi connectivity index (χ4n) is 1.87. The second kappa shape index (κ2) is 8.51. The van der Waals surface area contributed by atoms with Gasteiger partial charge < -0.3 is 20.1 Å². The van der Waals surface area contributed by atoms with Crippen molar-refractivity contribution in [1.82, 2.24) is 10.2 Å². The first-order valence-corrected chi connectivity index (χ1v) is 6.57. The summed E-state index contributed by atoms with van der Waals surface area (Å²) in [6.45, 7) is 4.09. The number of ether oxygens (including phenoxy) is 1. The summed E-state index contributed by atoms with van der Waals surface area (Å²) in [6.07, 6.45) is 3.50. The molecule has 1 aliphatic heterocycles. The summed E-state index contributed by atoms with van der Waals surface area (Å²) in [5, 5.41) is 20.6. The number of nitriles is 1. The molecule has 6 heteroatoms. The van der Waals surface area contributed by atoms with Gasteiger partial charge in [0.15, 0.2) is 0 Å². The number of amides is 1. The maximum absolute atomic E-state index is 11.8. The Kier molecular flexibility index (Phi) is 6.93.